The smallest absolute Gasteiger partial charge is 0.0905 e. The highest BCUT2D eigenvalue weighted by Gasteiger charge is 1.42. The van der Waals surface area contributed by atoms with Crippen molar-refractivity contribution < 1.29 is 0 Å². The first-order valence-corrected chi connectivity index (χ1v) is 2.57. The summed E-state index contributed by atoms with van der Waals surface area (Å²) in [5.74, 6) is 0. The number of nitriles is 1. The van der Waals surface area contributed by atoms with E-state index in [4.69, 9.17) is 5.26 Å². The van der Waals surface area contributed by atoms with Crippen molar-refractivity contribution >= 4 is 0 Å². The average molecular weight is 121 g/mol. The van der Waals surface area contributed by atoms with E-state index >= 15 is 0 Å². The predicted octanol–water partition coefficient (Wildman–Crippen LogP) is 2.44. The number of hydrogen-bond donors (Lipinski definition) is 0. The van der Waals surface area contributed by atoms with Crippen LogP contribution in [0.15, 0.2) is 37.5 Å². The van der Waals surface area contributed by atoms with Crippen molar-refractivity contribution in [2.24, 2.45) is 0 Å². The van der Waals surface area contributed by atoms with Gasteiger partial charge in [0.1, 0.15) is 0 Å². The minimum absolute atomic E-state index is 1.18. The van der Waals surface area contributed by atoms with Gasteiger partial charge in [-0.15, -0.1) is 0 Å². The predicted molar refractivity (Wildman–Crippen MR) is 40.8 cm³/mol. The Morgan fingerprint density at radius 3 is 1.89 bits per heavy atom. The molecule has 1 heteroatoms. The second-order valence-corrected chi connectivity index (χ2v) is 1.09. The van der Waals surface area contributed by atoms with Crippen LogP contribution in [0.25, 0.3) is 0 Å². The van der Waals surface area contributed by atoms with E-state index in [0.29, 0.717) is 0 Å². The molecule has 0 saturated carbocycles. The minimum atomic E-state index is 1.18. The fraction of sp³-hybridized carbons (Fsp3) is 0.125. The van der Waals surface area contributed by atoms with Crippen LogP contribution >= 0.6 is 0 Å². The van der Waals surface area contributed by atoms with Crippen LogP contribution in [0.1, 0.15) is 6.92 Å². The Hall–Kier alpha value is -1.29. The van der Waals surface area contributed by atoms with E-state index in [-0.39, 0.29) is 0 Å². The summed E-state index contributed by atoms with van der Waals surface area (Å²) in [5.41, 5.74) is 0. The molecule has 0 radical (unpaired) electrons. The van der Waals surface area contributed by atoms with Crippen molar-refractivity contribution in [1.82, 2.24) is 0 Å². The maximum Gasteiger partial charge on any atom is 0.0905 e. The number of rotatable bonds is 1. The monoisotopic (exact) mass is 121 g/mol. The van der Waals surface area contributed by atoms with Gasteiger partial charge in [-0.2, -0.15) is 5.26 Å². The van der Waals surface area contributed by atoms with E-state index in [1.807, 2.05) is 19.1 Å². The molecule has 0 aliphatic carbocycles. The maximum atomic E-state index is 7.51. The van der Waals surface area contributed by atoms with Gasteiger partial charge < -0.3 is 0 Å². The van der Waals surface area contributed by atoms with Crippen LogP contribution in [-0.2, 0) is 0 Å². The topological polar surface area (TPSA) is 23.8 Å². The van der Waals surface area contributed by atoms with E-state index in [0.717, 1.165) is 0 Å². The summed E-state index contributed by atoms with van der Waals surface area (Å²) in [6.45, 7) is 8.54. The summed E-state index contributed by atoms with van der Waals surface area (Å²) in [7, 11) is 0. The molecule has 0 aromatic carbocycles. The van der Waals surface area contributed by atoms with Gasteiger partial charge in [-0.05, 0) is 6.92 Å². The summed E-state index contributed by atoms with van der Waals surface area (Å²) < 4.78 is 0. The molecule has 9 heavy (non-hydrogen) atoms. The molecule has 48 valence electrons. The fourth-order valence-electron chi connectivity index (χ4n) is 0.136. The Labute approximate surface area is 56.6 Å². The lowest BCUT2D eigenvalue weighted by Gasteiger charge is -1.56. The molecule has 0 bridgehead atoms. The van der Waals surface area contributed by atoms with Gasteiger partial charge in [0.2, 0.25) is 0 Å². The Kier molecular flexibility index (Phi) is 18.8. The van der Waals surface area contributed by atoms with Gasteiger partial charge in [-0.3, -0.25) is 0 Å². The van der Waals surface area contributed by atoms with Crippen LogP contribution in [0, 0.1) is 11.3 Å². The molecule has 0 saturated heterocycles. The van der Waals surface area contributed by atoms with Gasteiger partial charge in [-0.25, -0.2) is 0 Å². The molecule has 0 heterocycles. The van der Waals surface area contributed by atoms with Crippen LogP contribution in [0.4, 0.5) is 0 Å². The molecule has 0 amide bonds. The summed E-state index contributed by atoms with van der Waals surface area (Å²) in [4.78, 5) is 0. The van der Waals surface area contributed by atoms with Crippen molar-refractivity contribution in [3.63, 3.8) is 0 Å². The van der Waals surface area contributed by atoms with Gasteiger partial charge in [0, 0.05) is 6.08 Å². The summed E-state index contributed by atoms with van der Waals surface area (Å²) >= 11 is 0. The molecular formula is C8H11N. The third-order valence-electron chi connectivity index (χ3n) is 0.420. The molecular weight excluding hydrogens is 110 g/mol. The zero-order valence-electron chi connectivity index (χ0n) is 5.67. The van der Waals surface area contributed by atoms with Crippen LogP contribution in [0.2, 0.25) is 0 Å². The van der Waals surface area contributed by atoms with Gasteiger partial charge in [-0.1, -0.05) is 31.4 Å². The average Bonchev–Trinajstić information content (AvgIpc) is 1.91. The molecule has 0 unspecified atom stereocenters. The SMILES string of the molecule is C=CC#N.C=CC=CC. The zero-order valence-corrected chi connectivity index (χ0v) is 5.67. The van der Waals surface area contributed by atoms with E-state index in [9.17, 15) is 0 Å². The van der Waals surface area contributed by atoms with Crippen molar-refractivity contribution in [2.45, 2.75) is 6.92 Å². The second-order valence-electron chi connectivity index (χ2n) is 1.09. The lowest BCUT2D eigenvalue weighted by molar-refractivity contribution is 1.54. The summed E-state index contributed by atoms with van der Waals surface area (Å²) in [6, 6.07) is 1.69. The first kappa shape index (κ1) is 10.6. The van der Waals surface area contributed by atoms with Crippen LogP contribution < -0.4 is 0 Å². The van der Waals surface area contributed by atoms with E-state index < -0.39 is 0 Å². The first-order chi connectivity index (χ1) is 4.33. The van der Waals surface area contributed by atoms with Crippen molar-refractivity contribution in [1.29, 1.82) is 5.26 Å². The lowest BCUT2D eigenvalue weighted by atomic mass is 10.5. The van der Waals surface area contributed by atoms with E-state index in [2.05, 4.69) is 13.2 Å². The van der Waals surface area contributed by atoms with Gasteiger partial charge in [0.05, 0.1) is 6.07 Å². The third-order valence-corrected chi connectivity index (χ3v) is 0.420. The van der Waals surface area contributed by atoms with Crippen LogP contribution in [0.3, 0.4) is 0 Å². The summed E-state index contributed by atoms with van der Waals surface area (Å²) in [6.07, 6.45) is 6.76. The molecule has 0 aromatic rings. The number of allylic oxidation sites excluding steroid dienone is 4. The molecule has 0 fully saturated rings. The van der Waals surface area contributed by atoms with E-state index in [1.165, 1.54) is 6.08 Å². The Morgan fingerprint density at radius 1 is 1.44 bits per heavy atom. The molecule has 0 rings (SSSR count). The summed E-state index contributed by atoms with van der Waals surface area (Å²) in [5, 5.41) is 7.51. The standard InChI is InChI=1S/C5H8.C3H3N/c1-3-5-4-2;1-2-3-4/h3-5H,1H2,2H3;2H,1H2. The fourth-order valence-corrected chi connectivity index (χ4v) is 0.136. The molecule has 1 nitrogen and oxygen atoms in total. The second kappa shape index (κ2) is 15.9. The number of nitrogens with zero attached hydrogens (tertiary/aromatic N) is 1. The largest absolute Gasteiger partial charge is 0.193 e. The highest BCUT2D eigenvalue weighted by molar-refractivity contribution is 4.94. The molecule has 0 aromatic heterocycles. The third kappa shape index (κ3) is 50.9. The first-order valence-electron chi connectivity index (χ1n) is 2.57. The molecule has 0 N–H and O–H groups in total. The zero-order chi connectivity index (χ0) is 7.54. The lowest BCUT2D eigenvalue weighted by Crippen LogP contribution is -1.33. The molecule has 0 spiro atoms. The van der Waals surface area contributed by atoms with Gasteiger partial charge >= 0.3 is 0 Å². The van der Waals surface area contributed by atoms with Crippen molar-refractivity contribution in [2.75, 3.05) is 0 Å². The highest BCUT2D eigenvalue weighted by Crippen LogP contribution is 1.64. The molecule has 0 aliphatic heterocycles. The van der Waals surface area contributed by atoms with E-state index in [1.54, 1.807) is 12.1 Å². The normalized spacial score (nSPS) is 6.67. The quantitative estimate of drug-likeness (QED) is 0.386. The Bertz CT molecular complexity index is 126. The van der Waals surface area contributed by atoms with Crippen LogP contribution in [-0.4, -0.2) is 0 Å². The number of hydrogen-bond acceptors (Lipinski definition) is 1. The maximum absolute atomic E-state index is 7.51. The van der Waals surface area contributed by atoms with Crippen LogP contribution in [0.5, 0.6) is 0 Å². The molecule has 0 aliphatic rings. The Morgan fingerprint density at radius 2 is 1.89 bits per heavy atom. The van der Waals surface area contributed by atoms with Gasteiger partial charge in [0.15, 0.2) is 0 Å². The van der Waals surface area contributed by atoms with Crippen molar-refractivity contribution in [3.05, 3.63) is 37.5 Å². The Balaban J connectivity index is 0. The van der Waals surface area contributed by atoms with Gasteiger partial charge in [0.25, 0.3) is 0 Å². The highest BCUT2D eigenvalue weighted by atomic mass is 14.2. The van der Waals surface area contributed by atoms with Crippen molar-refractivity contribution in [3.8, 4) is 6.07 Å². The minimum Gasteiger partial charge on any atom is -0.193 e. The molecule has 0 atom stereocenters.